The number of hydrogen-bond acceptors (Lipinski definition) is 4. The van der Waals surface area contributed by atoms with Crippen molar-refractivity contribution in [2.75, 3.05) is 13.2 Å². The first-order valence-electron chi connectivity index (χ1n) is 8.04. The smallest absolute Gasteiger partial charge is 0.272 e. The van der Waals surface area contributed by atoms with Crippen molar-refractivity contribution in [1.82, 2.24) is 5.43 Å². The van der Waals surface area contributed by atoms with E-state index in [2.05, 4.69) is 10.5 Å². The van der Waals surface area contributed by atoms with Crippen LogP contribution >= 0.6 is 11.6 Å². The van der Waals surface area contributed by atoms with Crippen molar-refractivity contribution in [2.24, 2.45) is 5.10 Å². The fourth-order valence-electron chi connectivity index (χ4n) is 2.18. The summed E-state index contributed by atoms with van der Waals surface area (Å²) in [4.78, 5) is 12.1. The fraction of sp³-hybridized carbons (Fsp3) is 0.263. The van der Waals surface area contributed by atoms with Crippen molar-refractivity contribution in [3.63, 3.8) is 0 Å². The van der Waals surface area contributed by atoms with Crippen molar-refractivity contribution in [2.45, 2.75) is 20.8 Å². The fourth-order valence-corrected chi connectivity index (χ4v) is 2.50. The first kappa shape index (κ1) is 18.8. The molecule has 2 rings (SSSR count). The zero-order chi connectivity index (χ0) is 18.2. The van der Waals surface area contributed by atoms with E-state index in [-0.39, 0.29) is 5.91 Å². The molecule has 6 heteroatoms. The molecule has 2 aromatic carbocycles. The predicted octanol–water partition coefficient (Wildman–Crippen LogP) is 4.21. The van der Waals surface area contributed by atoms with Crippen LogP contribution in [0.15, 0.2) is 41.5 Å². The molecule has 0 unspecified atom stereocenters. The molecule has 0 aliphatic rings. The van der Waals surface area contributed by atoms with Gasteiger partial charge in [-0.15, -0.1) is 0 Å². The highest BCUT2D eigenvalue weighted by Crippen LogP contribution is 2.28. The lowest BCUT2D eigenvalue weighted by molar-refractivity contribution is 0.0955. The van der Waals surface area contributed by atoms with E-state index in [9.17, 15) is 4.79 Å². The molecule has 0 aliphatic carbocycles. The summed E-state index contributed by atoms with van der Waals surface area (Å²) in [6.45, 7) is 6.82. The highest BCUT2D eigenvalue weighted by Gasteiger charge is 2.09. The van der Waals surface area contributed by atoms with E-state index in [0.717, 1.165) is 11.1 Å². The second kappa shape index (κ2) is 9.08. The highest BCUT2D eigenvalue weighted by atomic mass is 35.5. The van der Waals surface area contributed by atoms with Gasteiger partial charge >= 0.3 is 0 Å². The van der Waals surface area contributed by atoms with Crippen molar-refractivity contribution < 1.29 is 14.3 Å². The Morgan fingerprint density at radius 2 is 1.84 bits per heavy atom. The maximum absolute atomic E-state index is 12.1. The molecule has 0 aliphatic heterocycles. The average Bonchev–Trinajstić information content (AvgIpc) is 2.57. The Labute approximate surface area is 152 Å². The van der Waals surface area contributed by atoms with Crippen LogP contribution < -0.4 is 14.9 Å². The summed E-state index contributed by atoms with van der Waals surface area (Å²) in [7, 11) is 0. The minimum atomic E-state index is -0.364. The van der Waals surface area contributed by atoms with E-state index in [1.54, 1.807) is 12.1 Å². The number of amides is 1. The second-order valence-electron chi connectivity index (χ2n) is 5.25. The monoisotopic (exact) mass is 360 g/mol. The third kappa shape index (κ3) is 5.22. The van der Waals surface area contributed by atoms with Gasteiger partial charge in [0, 0.05) is 0 Å². The van der Waals surface area contributed by atoms with Gasteiger partial charge < -0.3 is 9.47 Å². The van der Waals surface area contributed by atoms with Crippen molar-refractivity contribution >= 4 is 23.7 Å². The van der Waals surface area contributed by atoms with Crippen LogP contribution in [0.4, 0.5) is 0 Å². The largest absolute Gasteiger partial charge is 0.490 e. The number of carbonyl (C=O) groups is 1. The normalized spacial score (nSPS) is 10.7. The van der Waals surface area contributed by atoms with Gasteiger partial charge in [0.2, 0.25) is 0 Å². The number of hydrazone groups is 1. The Kier molecular flexibility index (Phi) is 6.83. The van der Waals surface area contributed by atoms with E-state index in [1.165, 1.54) is 6.21 Å². The van der Waals surface area contributed by atoms with Gasteiger partial charge in [0.25, 0.3) is 5.91 Å². The molecule has 0 saturated heterocycles. The number of benzene rings is 2. The number of aryl methyl sites for hydroxylation is 1. The highest BCUT2D eigenvalue weighted by molar-refractivity contribution is 6.33. The second-order valence-corrected chi connectivity index (χ2v) is 5.66. The molecular weight excluding hydrogens is 340 g/mol. The molecule has 1 amide bonds. The summed E-state index contributed by atoms with van der Waals surface area (Å²) in [5, 5.41) is 4.37. The van der Waals surface area contributed by atoms with Crippen LogP contribution in [0.25, 0.3) is 0 Å². The summed E-state index contributed by atoms with van der Waals surface area (Å²) >= 11 is 6.08. The number of nitrogens with zero attached hydrogens (tertiary/aromatic N) is 1. The number of rotatable bonds is 7. The van der Waals surface area contributed by atoms with Crippen LogP contribution in [0.2, 0.25) is 5.02 Å². The van der Waals surface area contributed by atoms with Gasteiger partial charge in [-0.2, -0.15) is 5.10 Å². The minimum absolute atomic E-state index is 0.364. The summed E-state index contributed by atoms with van der Waals surface area (Å²) in [6.07, 6.45) is 1.54. The molecule has 0 heterocycles. The van der Waals surface area contributed by atoms with Gasteiger partial charge in [0.15, 0.2) is 11.5 Å². The van der Waals surface area contributed by atoms with E-state index in [1.807, 2.05) is 45.0 Å². The molecule has 25 heavy (non-hydrogen) atoms. The Morgan fingerprint density at radius 3 is 2.52 bits per heavy atom. The average molecular weight is 361 g/mol. The van der Waals surface area contributed by atoms with E-state index >= 15 is 0 Å². The zero-order valence-corrected chi connectivity index (χ0v) is 15.3. The molecule has 1 N–H and O–H groups in total. The SMILES string of the molecule is CCOc1ccc(/C=N/NC(=O)c2ccc(C)cc2Cl)cc1OCC. The Hall–Kier alpha value is -2.53. The molecule has 0 fully saturated rings. The van der Waals surface area contributed by atoms with Gasteiger partial charge in [-0.3, -0.25) is 4.79 Å². The molecule has 0 aromatic heterocycles. The van der Waals surface area contributed by atoms with Gasteiger partial charge in [0.1, 0.15) is 0 Å². The summed E-state index contributed by atoms with van der Waals surface area (Å²) < 4.78 is 11.1. The minimum Gasteiger partial charge on any atom is -0.490 e. The van der Waals surface area contributed by atoms with Gasteiger partial charge in [-0.1, -0.05) is 17.7 Å². The number of carbonyl (C=O) groups excluding carboxylic acids is 1. The maximum atomic E-state index is 12.1. The quantitative estimate of drug-likeness (QED) is 0.594. The molecule has 2 aromatic rings. The van der Waals surface area contributed by atoms with Crippen LogP contribution in [0.3, 0.4) is 0 Å². The lowest BCUT2D eigenvalue weighted by Gasteiger charge is -2.11. The van der Waals surface area contributed by atoms with E-state index < -0.39 is 0 Å². The van der Waals surface area contributed by atoms with Crippen LogP contribution in [0.5, 0.6) is 11.5 Å². The Balaban J connectivity index is 2.08. The maximum Gasteiger partial charge on any atom is 0.272 e. The van der Waals surface area contributed by atoms with Gasteiger partial charge in [0.05, 0.1) is 30.0 Å². The Morgan fingerprint density at radius 1 is 1.12 bits per heavy atom. The van der Waals surface area contributed by atoms with Crippen LogP contribution in [0, 0.1) is 6.92 Å². The lowest BCUT2D eigenvalue weighted by Crippen LogP contribution is -2.18. The Bertz CT molecular complexity index is 775. The van der Waals surface area contributed by atoms with Crippen molar-refractivity contribution in [1.29, 1.82) is 0 Å². The number of hydrogen-bond donors (Lipinski definition) is 1. The zero-order valence-electron chi connectivity index (χ0n) is 14.5. The molecule has 0 atom stereocenters. The molecule has 132 valence electrons. The molecule has 5 nitrogen and oxygen atoms in total. The molecular formula is C19H21ClN2O3. The van der Waals surface area contributed by atoms with Gasteiger partial charge in [-0.05, 0) is 62.2 Å². The lowest BCUT2D eigenvalue weighted by atomic mass is 10.1. The van der Waals surface area contributed by atoms with E-state index in [0.29, 0.717) is 35.3 Å². The van der Waals surface area contributed by atoms with Crippen molar-refractivity contribution in [3.05, 3.63) is 58.1 Å². The molecule has 0 spiro atoms. The van der Waals surface area contributed by atoms with Crippen LogP contribution in [-0.4, -0.2) is 25.3 Å². The van der Waals surface area contributed by atoms with E-state index in [4.69, 9.17) is 21.1 Å². The van der Waals surface area contributed by atoms with Crippen LogP contribution in [-0.2, 0) is 0 Å². The standard InChI is InChI=1S/C19H21ClN2O3/c1-4-24-17-9-7-14(11-18(17)25-5-2)12-21-22-19(23)15-8-6-13(3)10-16(15)20/h6-12H,4-5H2,1-3H3,(H,22,23)/b21-12+. The summed E-state index contributed by atoms with van der Waals surface area (Å²) in [6, 6.07) is 10.7. The first-order valence-corrected chi connectivity index (χ1v) is 8.42. The topological polar surface area (TPSA) is 59.9 Å². The molecule has 0 bridgehead atoms. The molecule has 0 saturated carbocycles. The first-order chi connectivity index (χ1) is 12.0. The summed E-state index contributed by atoms with van der Waals surface area (Å²) in [5.41, 5.74) is 4.62. The van der Waals surface area contributed by atoms with Crippen molar-refractivity contribution in [3.8, 4) is 11.5 Å². The van der Waals surface area contributed by atoms with Gasteiger partial charge in [-0.25, -0.2) is 5.43 Å². The number of ether oxygens (including phenoxy) is 2. The number of nitrogens with one attached hydrogen (secondary N) is 1. The third-order valence-electron chi connectivity index (χ3n) is 3.32. The summed E-state index contributed by atoms with van der Waals surface area (Å²) in [5.74, 6) is 0.954. The molecule has 0 radical (unpaired) electrons. The third-order valence-corrected chi connectivity index (χ3v) is 3.63. The number of halogens is 1. The predicted molar refractivity (Wildman–Crippen MR) is 100 cm³/mol. The van der Waals surface area contributed by atoms with Crippen LogP contribution in [0.1, 0.15) is 35.3 Å².